The van der Waals surface area contributed by atoms with E-state index in [1.807, 2.05) is 6.08 Å². The zero-order valence-corrected chi connectivity index (χ0v) is 6.29. The summed E-state index contributed by atoms with van der Waals surface area (Å²) in [7, 11) is 0. The van der Waals surface area contributed by atoms with Gasteiger partial charge in [0.05, 0.1) is 6.61 Å². The van der Waals surface area contributed by atoms with Crippen molar-refractivity contribution < 1.29 is 9.84 Å². The fourth-order valence-electron chi connectivity index (χ4n) is 0.870. The summed E-state index contributed by atoms with van der Waals surface area (Å²) in [5, 5.41) is 8.57. The molecule has 0 aromatic carbocycles. The van der Waals surface area contributed by atoms with Gasteiger partial charge >= 0.3 is 0 Å². The summed E-state index contributed by atoms with van der Waals surface area (Å²) in [6.45, 7) is 2.29. The highest BCUT2D eigenvalue weighted by Crippen LogP contribution is 2.22. The maximum absolute atomic E-state index is 8.57. The first kappa shape index (κ1) is 7.76. The Balaban J connectivity index is 2.05. The molecule has 0 amide bonds. The van der Waals surface area contributed by atoms with Crippen LogP contribution >= 0.6 is 0 Å². The van der Waals surface area contributed by atoms with E-state index >= 15 is 0 Å². The molecule has 58 valence electrons. The minimum atomic E-state index is 0.0908. The number of unbranched alkanes of at least 4 members (excludes halogenated alkanes) is 1. The summed E-state index contributed by atoms with van der Waals surface area (Å²) in [4.78, 5) is 0. The van der Waals surface area contributed by atoms with Crippen molar-refractivity contribution >= 4 is 0 Å². The Morgan fingerprint density at radius 3 is 2.90 bits per heavy atom. The highest BCUT2D eigenvalue weighted by Gasteiger charge is 2.35. The molecule has 1 heterocycles. The number of aliphatic hydroxyl groups excluding tert-OH is 1. The van der Waals surface area contributed by atoms with Crippen LogP contribution in [-0.4, -0.2) is 23.9 Å². The largest absolute Gasteiger partial charge is 0.394 e. The van der Waals surface area contributed by atoms with Crippen molar-refractivity contribution in [1.29, 1.82) is 0 Å². The quantitative estimate of drug-likeness (QED) is 0.471. The van der Waals surface area contributed by atoms with Gasteiger partial charge in [0.25, 0.3) is 0 Å². The van der Waals surface area contributed by atoms with Gasteiger partial charge in [-0.1, -0.05) is 25.5 Å². The van der Waals surface area contributed by atoms with Gasteiger partial charge in [0.15, 0.2) is 0 Å². The lowest BCUT2D eigenvalue weighted by molar-refractivity contribution is 0.243. The Bertz CT molecular complexity index is 120. The molecule has 1 N–H and O–H groups in total. The summed E-state index contributed by atoms with van der Waals surface area (Å²) in [5.74, 6) is 0. The summed E-state index contributed by atoms with van der Waals surface area (Å²) in [5.41, 5.74) is 0. The molecular formula is C8H14O2. The Morgan fingerprint density at radius 2 is 2.40 bits per heavy atom. The Labute approximate surface area is 61.5 Å². The first-order chi connectivity index (χ1) is 4.88. The van der Waals surface area contributed by atoms with Crippen LogP contribution in [-0.2, 0) is 4.74 Å². The minimum absolute atomic E-state index is 0.0908. The van der Waals surface area contributed by atoms with Gasteiger partial charge in [-0.15, -0.1) is 0 Å². The molecule has 1 saturated heterocycles. The molecule has 0 aliphatic carbocycles. The summed E-state index contributed by atoms with van der Waals surface area (Å²) >= 11 is 0. The summed E-state index contributed by atoms with van der Waals surface area (Å²) in [6.07, 6.45) is 6.72. The summed E-state index contributed by atoms with van der Waals surface area (Å²) < 4.78 is 5.08. The number of epoxide rings is 1. The van der Waals surface area contributed by atoms with E-state index in [1.165, 1.54) is 6.42 Å². The molecule has 0 radical (unpaired) electrons. The third kappa shape index (κ3) is 2.12. The second kappa shape index (κ2) is 3.74. The molecule has 10 heavy (non-hydrogen) atoms. The van der Waals surface area contributed by atoms with E-state index in [0.717, 1.165) is 6.42 Å². The van der Waals surface area contributed by atoms with Gasteiger partial charge in [-0.05, 0) is 6.42 Å². The van der Waals surface area contributed by atoms with E-state index < -0.39 is 0 Å². The van der Waals surface area contributed by atoms with Gasteiger partial charge in [0.1, 0.15) is 12.2 Å². The van der Waals surface area contributed by atoms with Crippen molar-refractivity contribution in [3.8, 4) is 0 Å². The minimum Gasteiger partial charge on any atom is -0.394 e. The SMILES string of the molecule is CCC/C=C\[C@@H]1O[C@H]1CO. The molecule has 2 atom stereocenters. The van der Waals surface area contributed by atoms with Gasteiger partial charge in [-0.2, -0.15) is 0 Å². The normalized spacial score (nSPS) is 31.4. The number of allylic oxidation sites excluding steroid dienone is 1. The highest BCUT2D eigenvalue weighted by atomic mass is 16.6. The van der Waals surface area contributed by atoms with Crippen LogP contribution in [0.5, 0.6) is 0 Å². The first-order valence-electron chi connectivity index (χ1n) is 3.81. The van der Waals surface area contributed by atoms with Crippen molar-refractivity contribution in [2.45, 2.75) is 32.0 Å². The fraction of sp³-hybridized carbons (Fsp3) is 0.750. The lowest BCUT2D eigenvalue weighted by Crippen LogP contribution is -1.95. The second-order valence-electron chi connectivity index (χ2n) is 2.54. The molecule has 2 nitrogen and oxygen atoms in total. The van der Waals surface area contributed by atoms with E-state index in [2.05, 4.69) is 13.0 Å². The van der Waals surface area contributed by atoms with Crippen LogP contribution in [0.4, 0.5) is 0 Å². The molecule has 0 unspecified atom stereocenters. The van der Waals surface area contributed by atoms with E-state index in [0.29, 0.717) is 0 Å². The van der Waals surface area contributed by atoms with Crippen molar-refractivity contribution in [3.05, 3.63) is 12.2 Å². The van der Waals surface area contributed by atoms with Crippen molar-refractivity contribution in [2.75, 3.05) is 6.61 Å². The van der Waals surface area contributed by atoms with E-state index in [9.17, 15) is 0 Å². The number of aliphatic hydroxyl groups is 1. The van der Waals surface area contributed by atoms with E-state index in [-0.39, 0.29) is 18.8 Å². The fourth-order valence-corrected chi connectivity index (χ4v) is 0.870. The predicted octanol–water partition coefficient (Wildman–Crippen LogP) is 1.10. The lowest BCUT2D eigenvalue weighted by atomic mass is 10.2. The molecule has 1 aliphatic heterocycles. The Morgan fingerprint density at radius 1 is 1.60 bits per heavy atom. The molecule has 0 saturated carbocycles. The molecule has 2 heteroatoms. The van der Waals surface area contributed by atoms with Gasteiger partial charge in [0.2, 0.25) is 0 Å². The molecule has 1 fully saturated rings. The van der Waals surface area contributed by atoms with Gasteiger partial charge in [-0.3, -0.25) is 0 Å². The Hall–Kier alpha value is -0.340. The molecule has 0 aromatic rings. The molecular weight excluding hydrogens is 128 g/mol. The zero-order chi connectivity index (χ0) is 7.40. The van der Waals surface area contributed by atoms with Crippen molar-refractivity contribution in [3.63, 3.8) is 0 Å². The van der Waals surface area contributed by atoms with Crippen LogP contribution in [0.3, 0.4) is 0 Å². The standard InChI is InChI=1S/C8H14O2/c1-2-3-4-5-7-8(6-9)10-7/h4-5,7-9H,2-3,6H2,1H3/b5-4-/t7-,8-/m0/s1. The number of hydrogen-bond donors (Lipinski definition) is 1. The lowest BCUT2D eigenvalue weighted by Gasteiger charge is -1.82. The van der Waals surface area contributed by atoms with Gasteiger partial charge in [0, 0.05) is 0 Å². The molecule has 0 bridgehead atoms. The summed E-state index contributed by atoms with van der Waals surface area (Å²) in [6, 6.07) is 0. The van der Waals surface area contributed by atoms with Crippen LogP contribution in [0.1, 0.15) is 19.8 Å². The number of ether oxygens (including phenoxy) is 1. The second-order valence-corrected chi connectivity index (χ2v) is 2.54. The monoisotopic (exact) mass is 142 g/mol. The number of rotatable bonds is 4. The maximum Gasteiger partial charge on any atom is 0.111 e. The van der Waals surface area contributed by atoms with Crippen LogP contribution in [0, 0.1) is 0 Å². The highest BCUT2D eigenvalue weighted by molar-refractivity contribution is 5.02. The topological polar surface area (TPSA) is 32.8 Å². The average molecular weight is 142 g/mol. The van der Waals surface area contributed by atoms with Crippen LogP contribution < -0.4 is 0 Å². The van der Waals surface area contributed by atoms with Crippen LogP contribution in [0.2, 0.25) is 0 Å². The Kier molecular flexibility index (Phi) is 2.90. The number of hydrogen-bond acceptors (Lipinski definition) is 2. The third-order valence-electron chi connectivity index (χ3n) is 1.58. The smallest absolute Gasteiger partial charge is 0.111 e. The first-order valence-corrected chi connectivity index (χ1v) is 3.81. The van der Waals surface area contributed by atoms with Gasteiger partial charge < -0.3 is 9.84 Å². The maximum atomic E-state index is 8.57. The van der Waals surface area contributed by atoms with Gasteiger partial charge in [-0.25, -0.2) is 0 Å². The molecule has 1 aliphatic rings. The molecule has 1 rings (SSSR count). The van der Waals surface area contributed by atoms with Crippen LogP contribution in [0.25, 0.3) is 0 Å². The van der Waals surface area contributed by atoms with Crippen LogP contribution in [0.15, 0.2) is 12.2 Å². The predicted molar refractivity (Wildman–Crippen MR) is 39.8 cm³/mol. The zero-order valence-electron chi connectivity index (χ0n) is 6.29. The van der Waals surface area contributed by atoms with E-state index in [1.54, 1.807) is 0 Å². The molecule has 0 spiro atoms. The third-order valence-corrected chi connectivity index (χ3v) is 1.58. The average Bonchev–Trinajstić information content (AvgIpc) is 2.68. The van der Waals surface area contributed by atoms with Crippen molar-refractivity contribution in [2.24, 2.45) is 0 Å². The van der Waals surface area contributed by atoms with E-state index in [4.69, 9.17) is 9.84 Å². The molecule has 0 aromatic heterocycles. The van der Waals surface area contributed by atoms with Crippen molar-refractivity contribution in [1.82, 2.24) is 0 Å².